The van der Waals surface area contributed by atoms with E-state index in [0.29, 0.717) is 11.1 Å². The number of nitrogens with one attached hydrogen (secondary N) is 3. The Kier molecular flexibility index (Phi) is 8.45. The zero-order valence-electron chi connectivity index (χ0n) is 16.6. The molecule has 3 aromatic rings. The van der Waals surface area contributed by atoms with Crippen molar-refractivity contribution in [1.82, 2.24) is 4.98 Å². The smallest absolute Gasteiger partial charge is 0.310 e. The van der Waals surface area contributed by atoms with Crippen molar-refractivity contribution in [3.05, 3.63) is 59.2 Å². The molecule has 0 spiro atoms. The van der Waals surface area contributed by atoms with Gasteiger partial charge in [-0.3, -0.25) is 15.6 Å². The number of aromatic amines is 1. The van der Waals surface area contributed by atoms with Gasteiger partial charge in [0.2, 0.25) is 0 Å². The molecule has 160 valence electrons. The highest BCUT2D eigenvalue weighted by molar-refractivity contribution is 6.01. The normalized spacial score (nSPS) is 10.2. The van der Waals surface area contributed by atoms with E-state index in [4.69, 9.17) is 27.0 Å². The zero-order valence-corrected chi connectivity index (χ0v) is 18.2. The fourth-order valence-electron chi connectivity index (χ4n) is 3.12. The Labute approximate surface area is 187 Å². The number of amidine groups is 2. The molecule has 9 heteroatoms. The summed E-state index contributed by atoms with van der Waals surface area (Å²) in [4.78, 5) is 15.7. The highest BCUT2D eigenvalue weighted by Gasteiger charge is 2.18. The molecule has 0 bridgehead atoms. The summed E-state index contributed by atoms with van der Waals surface area (Å²) in [5.41, 5.74) is 15.6. The number of aromatic nitrogens is 1. The van der Waals surface area contributed by atoms with E-state index in [0.717, 1.165) is 27.7 Å². The summed E-state index contributed by atoms with van der Waals surface area (Å²) in [6, 6.07) is 12.6. The lowest BCUT2D eigenvalue weighted by atomic mass is 10.0. The molecule has 0 saturated carbocycles. The first-order chi connectivity index (χ1) is 13.3. The number of rotatable bonds is 6. The minimum atomic E-state index is -0.312. The Balaban J connectivity index is 0.00000225. The van der Waals surface area contributed by atoms with Gasteiger partial charge in [-0.15, -0.1) is 24.8 Å². The summed E-state index contributed by atoms with van der Waals surface area (Å²) in [6.07, 6.45) is -0.0817. The van der Waals surface area contributed by atoms with Gasteiger partial charge in [0.15, 0.2) is 0 Å². The van der Waals surface area contributed by atoms with Crippen LogP contribution in [0.4, 0.5) is 0 Å². The molecule has 1 aromatic heterocycles. The molecule has 0 atom stereocenters. The average molecular weight is 450 g/mol. The summed E-state index contributed by atoms with van der Waals surface area (Å²) >= 11 is 0. The Bertz CT molecular complexity index is 1070. The molecule has 0 fully saturated rings. The second kappa shape index (κ2) is 10.1. The molecule has 0 unspecified atom stereocenters. The first-order valence-corrected chi connectivity index (χ1v) is 8.89. The fourth-order valence-corrected chi connectivity index (χ4v) is 3.12. The number of nitrogen functional groups attached to an aromatic ring is 2. The molecular formula is C21H25Cl2N5O2. The maximum atomic E-state index is 12.3. The number of hydrogen-bond donors (Lipinski definition) is 5. The summed E-state index contributed by atoms with van der Waals surface area (Å²) in [5.74, 6) is -0.340. The molecule has 30 heavy (non-hydrogen) atoms. The van der Waals surface area contributed by atoms with Crippen LogP contribution in [0.3, 0.4) is 0 Å². The Morgan fingerprint density at radius 3 is 2.10 bits per heavy atom. The average Bonchev–Trinajstić information content (AvgIpc) is 2.98. The van der Waals surface area contributed by atoms with E-state index in [1.54, 1.807) is 24.3 Å². The van der Waals surface area contributed by atoms with Crippen LogP contribution in [-0.4, -0.2) is 28.7 Å². The van der Waals surface area contributed by atoms with Crippen molar-refractivity contribution in [2.24, 2.45) is 11.5 Å². The first kappa shape index (κ1) is 25.0. The predicted molar refractivity (Wildman–Crippen MR) is 125 cm³/mol. The van der Waals surface area contributed by atoms with Crippen molar-refractivity contribution in [1.29, 1.82) is 10.8 Å². The first-order valence-electron chi connectivity index (χ1n) is 8.89. The van der Waals surface area contributed by atoms with Crippen molar-refractivity contribution in [2.75, 3.05) is 0 Å². The topological polar surface area (TPSA) is 142 Å². The molecule has 3 rings (SSSR count). The van der Waals surface area contributed by atoms with Crippen LogP contribution in [-0.2, 0) is 16.0 Å². The molecule has 0 amide bonds. The van der Waals surface area contributed by atoms with Gasteiger partial charge in [-0.25, -0.2) is 0 Å². The van der Waals surface area contributed by atoms with Crippen LogP contribution in [0.1, 0.15) is 30.5 Å². The Hall–Kier alpha value is -3.03. The van der Waals surface area contributed by atoms with Crippen LogP contribution < -0.4 is 11.5 Å². The lowest BCUT2D eigenvalue weighted by Gasteiger charge is -2.09. The van der Waals surface area contributed by atoms with Gasteiger partial charge in [0.25, 0.3) is 0 Å². The number of H-pyrrole nitrogens is 1. The zero-order chi connectivity index (χ0) is 20.4. The molecule has 0 radical (unpaired) electrons. The summed E-state index contributed by atoms with van der Waals surface area (Å²) in [7, 11) is 0. The van der Waals surface area contributed by atoms with Crippen molar-refractivity contribution in [2.45, 2.75) is 26.4 Å². The van der Waals surface area contributed by atoms with E-state index in [2.05, 4.69) is 4.98 Å². The molecule has 1 heterocycles. The Morgan fingerprint density at radius 1 is 1.00 bits per heavy atom. The van der Waals surface area contributed by atoms with Crippen LogP contribution in [0.5, 0.6) is 0 Å². The van der Waals surface area contributed by atoms with E-state index in [-0.39, 0.29) is 55.0 Å². The van der Waals surface area contributed by atoms with E-state index in [1.807, 2.05) is 32.0 Å². The molecule has 0 saturated heterocycles. The number of carbonyl (C=O) groups excluding carboxylic acids is 1. The van der Waals surface area contributed by atoms with Gasteiger partial charge in [-0.2, -0.15) is 0 Å². The lowest BCUT2D eigenvalue weighted by Crippen LogP contribution is -2.14. The molecule has 0 aliphatic carbocycles. The highest BCUT2D eigenvalue weighted by atomic mass is 35.5. The van der Waals surface area contributed by atoms with Gasteiger partial charge in [0.1, 0.15) is 11.7 Å². The standard InChI is InChI=1S/C21H23N5O2.2ClH/c1-11(2)28-18(27)10-16-15-8-7-14(21(24)25)9-17(15)26-19(16)12-3-5-13(6-4-12)20(22)23;;/h3-9,11,26H,10H2,1-2H3,(H3,22,23)(H3,24,25);2*1H. The predicted octanol–water partition coefficient (Wildman–Crippen LogP) is 3.74. The lowest BCUT2D eigenvalue weighted by molar-refractivity contribution is -0.146. The van der Waals surface area contributed by atoms with Crippen LogP contribution in [0.2, 0.25) is 0 Å². The molecule has 2 aromatic carbocycles. The molecule has 0 aliphatic rings. The third-order valence-corrected chi connectivity index (χ3v) is 4.39. The van der Waals surface area contributed by atoms with E-state index in [1.165, 1.54) is 0 Å². The van der Waals surface area contributed by atoms with Crippen molar-refractivity contribution in [3.63, 3.8) is 0 Å². The third kappa shape index (κ3) is 5.31. The molecule has 0 aliphatic heterocycles. The van der Waals surface area contributed by atoms with E-state index >= 15 is 0 Å². The summed E-state index contributed by atoms with van der Waals surface area (Å²) in [6.45, 7) is 3.63. The number of benzene rings is 2. The van der Waals surface area contributed by atoms with Crippen molar-refractivity contribution in [3.8, 4) is 11.3 Å². The summed E-state index contributed by atoms with van der Waals surface area (Å²) in [5, 5.41) is 16.1. The van der Waals surface area contributed by atoms with E-state index in [9.17, 15) is 4.79 Å². The van der Waals surface area contributed by atoms with Crippen LogP contribution >= 0.6 is 24.8 Å². The molecule has 7 nitrogen and oxygen atoms in total. The van der Waals surface area contributed by atoms with Gasteiger partial charge >= 0.3 is 5.97 Å². The van der Waals surface area contributed by atoms with Crippen LogP contribution in [0, 0.1) is 10.8 Å². The third-order valence-electron chi connectivity index (χ3n) is 4.39. The number of fused-ring (bicyclic) bond motifs is 1. The van der Waals surface area contributed by atoms with Crippen molar-refractivity contribution >= 4 is 53.4 Å². The number of halogens is 2. The van der Waals surface area contributed by atoms with Crippen LogP contribution in [0.25, 0.3) is 22.2 Å². The number of nitrogens with two attached hydrogens (primary N) is 2. The maximum Gasteiger partial charge on any atom is 0.310 e. The minimum absolute atomic E-state index is 0. The summed E-state index contributed by atoms with van der Waals surface area (Å²) < 4.78 is 5.32. The van der Waals surface area contributed by atoms with Gasteiger partial charge < -0.3 is 21.2 Å². The van der Waals surface area contributed by atoms with E-state index < -0.39 is 0 Å². The number of carbonyl (C=O) groups is 1. The van der Waals surface area contributed by atoms with Crippen LogP contribution in [0.15, 0.2) is 42.5 Å². The largest absolute Gasteiger partial charge is 0.463 e. The van der Waals surface area contributed by atoms with Gasteiger partial charge in [0.05, 0.1) is 18.2 Å². The second-order valence-corrected chi connectivity index (χ2v) is 6.86. The SMILES string of the molecule is CC(C)OC(=O)Cc1c(-c2ccc(C(=N)N)cc2)[nH]c2cc(C(=N)N)ccc12.Cl.Cl. The van der Waals surface area contributed by atoms with Gasteiger partial charge in [-0.1, -0.05) is 36.4 Å². The molecular weight excluding hydrogens is 425 g/mol. The fraction of sp³-hybridized carbons (Fsp3) is 0.190. The monoisotopic (exact) mass is 449 g/mol. The maximum absolute atomic E-state index is 12.3. The van der Waals surface area contributed by atoms with Crippen molar-refractivity contribution < 1.29 is 9.53 Å². The molecule has 7 N–H and O–H groups in total. The highest BCUT2D eigenvalue weighted by Crippen LogP contribution is 2.32. The van der Waals surface area contributed by atoms with Gasteiger partial charge in [-0.05, 0) is 31.0 Å². The minimum Gasteiger partial charge on any atom is -0.463 e. The quantitative estimate of drug-likeness (QED) is 0.222. The van der Waals surface area contributed by atoms with Gasteiger partial charge in [0, 0.05) is 22.0 Å². The number of esters is 1. The second-order valence-electron chi connectivity index (χ2n) is 6.86. The number of hydrogen-bond acceptors (Lipinski definition) is 4. The Morgan fingerprint density at radius 2 is 1.57 bits per heavy atom. The number of ether oxygens (including phenoxy) is 1.